The number of carboxylic acids is 1. The van der Waals surface area contributed by atoms with E-state index in [0.717, 1.165) is 5.56 Å². The largest absolute Gasteiger partial charge is 0.480 e. The number of benzene rings is 1. The number of ether oxygens (including phenoxy) is 1. The van der Waals surface area contributed by atoms with E-state index in [9.17, 15) is 22.4 Å². The minimum Gasteiger partial charge on any atom is -0.480 e. The van der Waals surface area contributed by atoms with Crippen molar-refractivity contribution >= 4 is 38.6 Å². The van der Waals surface area contributed by atoms with E-state index in [1.807, 2.05) is 0 Å². The highest BCUT2D eigenvalue weighted by atomic mass is 32.2. The first-order valence-electron chi connectivity index (χ1n) is 8.53. The van der Waals surface area contributed by atoms with Crippen LogP contribution in [0.25, 0.3) is 0 Å². The van der Waals surface area contributed by atoms with E-state index in [2.05, 4.69) is 4.99 Å². The lowest BCUT2D eigenvalue weighted by molar-refractivity contribution is -0.143. The Hall–Kier alpha value is -1.98. The molecule has 2 fully saturated rings. The first-order chi connectivity index (χ1) is 13.2. The fourth-order valence-corrected chi connectivity index (χ4v) is 7.16. The second-order valence-electron chi connectivity index (χ2n) is 6.55. The van der Waals surface area contributed by atoms with Crippen LogP contribution in [-0.4, -0.2) is 78.0 Å². The summed E-state index contributed by atoms with van der Waals surface area (Å²) in [5.41, 5.74) is 0.881. The number of carboxylic acid groups (broad SMARTS) is 1. The molecule has 28 heavy (non-hydrogen) atoms. The van der Waals surface area contributed by atoms with Crippen LogP contribution < -0.4 is 0 Å². The van der Waals surface area contributed by atoms with Gasteiger partial charge in [0.15, 0.2) is 15.0 Å². The first-order valence-corrected chi connectivity index (χ1v) is 11.2. The number of thioether (sulfide) groups is 1. The summed E-state index contributed by atoms with van der Waals surface area (Å²) in [6, 6.07) is 5.75. The Bertz CT molecular complexity index is 887. The molecule has 1 amide bonds. The van der Waals surface area contributed by atoms with Crippen LogP contribution >= 0.6 is 11.8 Å². The molecule has 1 N–H and O–H groups in total. The van der Waals surface area contributed by atoms with Gasteiger partial charge in [-0.1, -0.05) is 23.9 Å². The standard InChI is InChI=1S/C17H19FN2O6S2/c18-12-3-1-11(2-4-12)5-6-20-13-9-28(24,25)10-14(13)27-17(20)19-15(21)7-26-8-16(22)23/h1-4,13-14H,5-10H2,(H,22,23). The molecule has 0 aromatic heterocycles. The van der Waals surface area contributed by atoms with Crippen LogP contribution in [0.4, 0.5) is 4.39 Å². The zero-order chi connectivity index (χ0) is 20.3. The number of nitrogens with zero attached hydrogens (tertiary/aromatic N) is 2. The lowest BCUT2D eigenvalue weighted by Gasteiger charge is -2.24. The van der Waals surface area contributed by atoms with Gasteiger partial charge in [-0.3, -0.25) is 4.79 Å². The van der Waals surface area contributed by atoms with Crippen molar-refractivity contribution in [3.63, 3.8) is 0 Å². The van der Waals surface area contributed by atoms with Gasteiger partial charge >= 0.3 is 5.97 Å². The number of rotatable bonds is 7. The highest BCUT2D eigenvalue weighted by Gasteiger charge is 2.48. The smallest absolute Gasteiger partial charge is 0.329 e. The van der Waals surface area contributed by atoms with Gasteiger partial charge in [-0.2, -0.15) is 4.99 Å². The molecule has 0 spiro atoms. The molecule has 2 unspecified atom stereocenters. The van der Waals surface area contributed by atoms with E-state index >= 15 is 0 Å². The third-order valence-electron chi connectivity index (χ3n) is 4.40. The van der Waals surface area contributed by atoms with Crippen LogP contribution in [0.15, 0.2) is 29.3 Å². The molecule has 152 valence electrons. The summed E-state index contributed by atoms with van der Waals surface area (Å²) in [6.07, 6.45) is 0.535. The number of sulfone groups is 1. The molecule has 1 aromatic carbocycles. The Balaban J connectivity index is 1.70. The maximum atomic E-state index is 13.1. The second kappa shape index (κ2) is 8.58. The van der Waals surface area contributed by atoms with Crippen LogP contribution in [0.5, 0.6) is 0 Å². The van der Waals surface area contributed by atoms with Crippen molar-refractivity contribution in [3.8, 4) is 0 Å². The van der Waals surface area contributed by atoms with E-state index in [1.54, 1.807) is 17.0 Å². The third-order valence-corrected chi connectivity index (χ3v) is 7.65. The number of amidine groups is 1. The van der Waals surface area contributed by atoms with Gasteiger partial charge in [0.25, 0.3) is 5.91 Å². The Morgan fingerprint density at radius 1 is 1.25 bits per heavy atom. The van der Waals surface area contributed by atoms with Crippen LogP contribution in [0, 0.1) is 5.82 Å². The number of aliphatic imine (C=N–C) groups is 1. The van der Waals surface area contributed by atoms with Crippen molar-refractivity contribution in [2.75, 3.05) is 31.3 Å². The van der Waals surface area contributed by atoms with Crippen LogP contribution in [0.3, 0.4) is 0 Å². The SMILES string of the molecule is O=C(O)COCC(=O)N=C1SC2CS(=O)(=O)CC2N1CCc1ccc(F)cc1. The number of hydrogen-bond donors (Lipinski definition) is 1. The molecule has 0 radical (unpaired) electrons. The number of carbonyl (C=O) groups is 2. The maximum Gasteiger partial charge on any atom is 0.329 e. The molecule has 2 saturated heterocycles. The number of aliphatic carboxylic acids is 1. The van der Waals surface area contributed by atoms with Gasteiger partial charge < -0.3 is 14.7 Å². The van der Waals surface area contributed by atoms with Crippen molar-refractivity contribution in [1.82, 2.24) is 4.90 Å². The summed E-state index contributed by atoms with van der Waals surface area (Å²) in [5, 5.41) is 8.75. The van der Waals surface area contributed by atoms with E-state index in [-0.39, 0.29) is 28.6 Å². The molecule has 11 heteroatoms. The average Bonchev–Trinajstić information content (AvgIpc) is 3.05. The predicted molar refractivity (Wildman–Crippen MR) is 102 cm³/mol. The van der Waals surface area contributed by atoms with Crippen LogP contribution in [0.2, 0.25) is 0 Å². The highest BCUT2D eigenvalue weighted by Crippen LogP contribution is 2.38. The van der Waals surface area contributed by atoms with Gasteiger partial charge in [0, 0.05) is 11.8 Å². The van der Waals surface area contributed by atoms with Crippen LogP contribution in [-0.2, 0) is 30.6 Å². The van der Waals surface area contributed by atoms with Crippen molar-refractivity contribution in [1.29, 1.82) is 0 Å². The topological polar surface area (TPSA) is 113 Å². The molecule has 0 saturated carbocycles. The predicted octanol–water partition coefficient (Wildman–Crippen LogP) is 0.566. The van der Waals surface area contributed by atoms with Crippen LogP contribution in [0.1, 0.15) is 5.56 Å². The Morgan fingerprint density at radius 3 is 2.64 bits per heavy atom. The third kappa shape index (κ3) is 5.30. The van der Waals surface area contributed by atoms with E-state index < -0.39 is 34.9 Å². The zero-order valence-electron chi connectivity index (χ0n) is 14.8. The number of halogens is 1. The van der Waals surface area contributed by atoms with Gasteiger partial charge in [0.2, 0.25) is 0 Å². The summed E-state index contributed by atoms with van der Waals surface area (Å²) in [6.45, 7) is -0.630. The molecule has 1 aromatic rings. The van der Waals surface area contributed by atoms with E-state index in [0.29, 0.717) is 18.1 Å². The summed E-state index contributed by atoms with van der Waals surface area (Å²) in [7, 11) is -3.14. The molecular formula is C17H19FN2O6S2. The quantitative estimate of drug-likeness (QED) is 0.668. The zero-order valence-corrected chi connectivity index (χ0v) is 16.4. The fraction of sp³-hybridized carbons (Fsp3) is 0.471. The van der Waals surface area contributed by atoms with E-state index in [1.165, 1.54) is 23.9 Å². The van der Waals surface area contributed by atoms with Gasteiger partial charge in [-0.05, 0) is 24.1 Å². The lowest BCUT2D eigenvalue weighted by atomic mass is 10.1. The minimum atomic E-state index is -3.14. The summed E-state index contributed by atoms with van der Waals surface area (Å²) >= 11 is 1.24. The average molecular weight is 430 g/mol. The number of amides is 1. The lowest BCUT2D eigenvalue weighted by Crippen LogP contribution is -2.39. The normalized spacial score (nSPS) is 24.5. The van der Waals surface area contributed by atoms with Crippen molar-refractivity contribution < 1.29 is 32.2 Å². The molecule has 2 aliphatic rings. The van der Waals surface area contributed by atoms with E-state index in [4.69, 9.17) is 9.84 Å². The van der Waals surface area contributed by atoms with Gasteiger partial charge in [0.05, 0.1) is 17.5 Å². The van der Waals surface area contributed by atoms with Gasteiger partial charge in [-0.25, -0.2) is 17.6 Å². The monoisotopic (exact) mass is 430 g/mol. The first kappa shape index (κ1) is 20.7. The molecule has 3 rings (SSSR count). The minimum absolute atomic E-state index is 0.00317. The van der Waals surface area contributed by atoms with Gasteiger partial charge in [-0.15, -0.1) is 0 Å². The molecule has 2 aliphatic heterocycles. The number of hydrogen-bond acceptors (Lipinski definition) is 6. The molecule has 0 bridgehead atoms. The molecule has 2 heterocycles. The van der Waals surface area contributed by atoms with Gasteiger partial charge in [0.1, 0.15) is 19.0 Å². The van der Waals surface area contributed by atoms with Crippen molar-refractivity contribution in [2.45, 2.75) is 17.7 Å². The Kier molecular flexibility index (Phi) is 6.36. The summed E-state index contributed by atoms with van der Waals surface area (Å²) in [5.74, 6) is -2.12. The van der Waals surface area contributed by atoms with Crippen molar-refractivity contribution in [2.24, 2.45) is 4.99 Å². The number of fused-ring (bicyclic) bond motifs is 1. The molecule has 8 nitrogen and oxygen atoms in total. The second-order valence-corrected chi connectivity index (χ2v) is 9.91. The summed E-state index contributed by atoms with van der Waals surface area (Å²) < 4.78 is 41.8. The Labute approximate surface area is 165 Å². The molecule has 0 aliphatic carbocycles. The summed E-state index contributed by atoms with van der Waals surface area (Å²) in [4.78, 5) is 28.2. The Morgan fingerprint density at radius 2 is 1.96 bits per heavy atom. The fourth-order valence-electron chi connectivity index (χ4n) is 3.16. The maximum absolute atomic E-state index is 13.1. The molecule has 2 atom stereocenters. The van der Waals surface area contributed by atoms with Crippen molar-refractivity contribution in [3.05, 3.63) is 35.6 Å². The highest BCUT2D eigenvalue weighted by molar-refractivity contribution is 8.15. The number of carbonyl (C=O) groups excluding carboxylic acids is 1. The molecular weight excluding hydrogens is 411 g/mol.